The van der Waals surface area contributed by atoms with Crippen LogP contribution in [0, 0.1) is 26.7 Å². The van der Waals surface area contributed by atoms with Crippen molar-refractivity contribution in [2.75, 3.05) is 13.1 Å². The van der Waals surface area contributed by atoms with E-state index >= 15 is 0 Å². The van der Waals surface area contributed by atoms with Crippen molar-refractivity contribution < 1.29 is 4.79 Å². The molecule has 0 aliphatic carbocycles. The van der Waals surface area contributed by atoms with E-state index in [-0.39, 0.29) is 5.91 Å². The van der Waals surface area contributed by atoms with Crippen molar-refractivity contribution >= 4 is 11.7 Å². The molecular weight excluding hydrogens is 362 g/mol. The minimum Gasteiger partial charge on any atom is -0.343 e. The summed E-state index contributed by atoms with van der Waals surface area (Å²) < 4.78 is 1.79. The second-order valence-corrected chi connectivity index (χ2v) is 8.15. The second-order valence-electron chi connectivity index (χ2n) is 8.15. The molecule has 1 amide bonds. The van der Waals surface area contributed by atoms with Crippen LogP contribution in [0.3, 0.4) is 0 Å². The summed E-state index contributed by atoms with van der Waals surface area (Å²) in [5, 5.41) is 4.42. The highest BCUT2D eigenvalue weighted by Gasteiger charge is 2.23. The van der Waals surface area contributed by atoms with Crippen LogP contribution in [0.15, 0.2) is 30.3 Å². The first-order valence-corrected chi connectivity index (χ1v) is 10.5. The molecule has 0 bridgehead atoms. The van der Waals surface area contributed by atoms with E-state index in [0.29, 0.717) is 30.4 Å². The summed E-state index contributed by atoms with van der Waals surface area (Å²) in [4.78, 5) is 23.7. The quantitative estimate of drug-likeness (QED) is 0.668. The van der Waals surface area contributed by atoms with Gasteiger partial charge in [-0.3, -0.25) is 4.79 Å². The Morgan fingerprint density at radius 1 is 1.07 bits per heavy atom. The highest BCUT2D eigenvalue weighted by molar-refractivity contribution is 5.76. The second kappa shape index (κ2) is 8.31. The summed E-state index contributed by atoms with van der Waals surface area (Å²) >= 11 is 0. The van der Waals surface area contributed by atoms with Crippen molar-refractivity contribution in [3.63, 3.8) is 0 Å². The zero-order valence-corrected chi connectivity index (χ0v) is 17.6. The van der Waals surface area contributed by atoms with E-state index in [9.17, 15) is 4.79 Å². The van der Waals surface area contributed by atoms with Crippen molar-refractivity contribution in [1.82, 2.24) is 24.5 Å². The monoisotopic (exact) mass is 391 g/mol. The Morgan fingerprint density at radius 3 is 2.52 bits per heavy atom. The molecule has 29 heavy (non-hydrogen) atoms. The molecule has 1 saturated heterocycles. The van der Waals surface area contributed by atoms with E-state index in [4.69, 9.17) is 0 Å². The first-order valence-electron chi connectivity index (χ1n) is 10.5. The molecule has 3 aromatic rings. The van der Waals surface area contributed by atoms with Gasteiger partial charge in [0.1, 0.15) is 5.82 Å². The minimum atomic E-state index is 0.247. The maximum atomic E-state index is 12.8. The lowest BCUT2D eigenvalue weighted by molar-refractivity contribution is -0.132. The average molecular weight is 392 g/mol. The number of aryl methyl sites for hydroxylation is 3. The van der Waals surface area contributed by atoms with Crippen LogP contribution in [0.25, 0.3) is 5.78 Å². The van der Waals surface area contributed by atoms with Gasteiger partial charge in [-0.2, -0.15) is 10.1 Å². The van der Waals surface area contributed by atoms with Gasteiger partial charge in [0, 0.05) is 30.9 Å². The third-order valence-electron chi connectivity index (χ3n) is 6.08. The van der Waals surface area contributed by atoms with Crippen LogP contribution in [-0.4, -0.2) is 43.5 Å². The van der Waals surface area contributed by atoms with Crippen LogP contribution in [-0.2, 0) is 17.6 Å². The molecule has 0 radical (unpaired) electrons. The Bertz CT molecular complexity index is 1000. The molecule has 1 aromatic carbocycles. The maximum absolute atomic E-state index is 12.8. The van der Waals surface area contributed by atoms with Gasteiger partial charge in [0.15, 0.2) is 0 Å². The summed E-state index contributed by atoms with van der Waals surface area (Å²) in [5.41, 5.74) is 4.48. The normalized spacial score (nSPS) is 15.2. The summed E-state index contributed by atoms with van der Waals surface area (Å²) in [6.07, 6.45) is 4.51. The van der Waals surface area contributed by atoms with Gasteiger partial charge in [-0.05, 0) is 63.5 Å². The molecule has 1 aliphatic heterocycles. The Kier molecular flexibility index (Phi) is 5.60. The van der Waals surface area contributed by atoms with Crippen molar-refractivity contribution in [3.8, 4) is 0 Å². The van der Waals surface area contributed by atoms with E-state index < -0.39 is 0 Å². The maximum Gasteiger partial charge on any atom is 0.252 e. The molecular formula is C23H29N5O. The van der Waals surface area contributed by atoms with Gasteiger partial charge in [-0.15, -0.1) is 0 Å². The van der Waals surface area contributed by atoms with Crippen LogP contribution in [0.1, 0.15) is 47.6 Å². The lowest BCUT2D eigenvalue weighted by atomic mass is 9.90. The topological polar surface area (TPSA) is 63.4 Å². The van der Waals surface area contributed by atoms with Crippen LogP contribution < -0.4 is 0 Å². The van der Waals surface area contributed by atoms with Gasteiger partial charge in [0.2, 0.25) is 5.91 Å². The first-order chi connectivity index (χ1) is 14.0. The van der Waals surface area contributed by atoms with E-state index in [1.165, 1.54) is 5.56 Å². The molecule has 6 heteroatoms. The predicted molar refractivity (Wildman–Crippen MR) is 113 cm³/mol. The van der Waals surface area contributed by atoms with E-state index in [2.05, 4.69) is 45.4 Å². The fourth-order valence-corrected chi connectivity index (χ4v) is 4.39. The fourth-order valence-electron chi connectivity index (χ4n) is 4.39. The standard InChI is InChI=1S/C23H29N5O/c1-16-21(17(2)28-23(24-16)25-18(3)26-28)9-10-22(29)27-13-11-20(12-14-27)15-19-7-5-4-6-8-19/h4-8,20H,9-15H2,1-3H3. The largest absolute Gasteiger partial charge is 0.343 e. The van der Waals surface area contributed by atoms with Crippen molar-refractivity contribution in [2.45, 2.75) is 52.9 Å². The molecule has 152 valence electrons. The van der Waals surface area contributed by atoms with Gasteiger partial charge in [0.25, 0.3) is 5.78 Å². The number of piperidine rings is 1. The van der Waals surface area contributed by atoms with Crippen molar-refractivity contribution in [3.05, 3.63) is 58.7 Å². The van der Waals surface area contributed by atoms with E-state index in [1.54, 1.807) is 4.52 Å². The predicted octanol–water partition coefficient (Wildman–Crippen LogP) is 3.46. The first kappa shape index (κ1) is 19.6. The minimum absolute atomic E-state index is 0.247. The number of hydrogen-bond acceptors (Lipinski definition) is 4. The molecule has 0 spiro atoms. The Balaban J connectivity index is 1.33. The number of carbonyl (C=O) groups excluding carboxylic acids is 1. The number of carbonyl (C=O) groups is 1. The fraction of sp³-hybridized carbons (Fsp3) is 0.478. The molecule has 1 fully saturated rings. The van der Waals surface area contributed by atoms with E-state index in [0.717, 1.165) is 49.3 Å². The third kappa shape index (κ3) is 4.31. The molecule has 6 nitrogen and oxygen atoms in total. The van der Waals surface area contributed by atoms with Crippen molar-refractivity contribution in [2.24, 2.45) is 5.92 Å². The number of hydrogen-bond donors (Lipinski definition) is 0. The Hall–Kier alpha value is -2.76. The zero-order chi connectivity index (χ0) is 20.4. The molecule has 0 unspecified atom stereocenters. The SMILES string of the molecule is Cc1nc2nc(C)c(CCC(=O)N3CCC(Cc4ccccc4)CC3)c(C)n2n1. The Morgan fingerprint density at radius 2 is 1.79 bits per heavy atom. The van der Waals surface area contributed by atoms with Gasteiger partial charge in [0.05, 0.1) is 0 Å². The van der Waals surface area contributed by atoms with E-state index in [1.807, 2.05) is 25.7 Å². The van der Waals surface area contributed by atoms with Gasteiger partial charge in [-0.1, -0.05) is 30.3 Å². The number of nitrogens with zero attached hydrogens (tertiary/aromatic N) is 5. The number of rotatable bonds is 5. The lowest BCUT2D eigenvalue weighted by Gasteiger charge is -2.32. The van der Waals surface area contributed by atoms with Gasteiger partial charge < -0.3 is 4.90 Å². The summed E-state index contributed by atoms with van der Waals surface area (Å²) in [6, 6.07) is 10.7. The molecule has 2 aromatic heterocycles. The Labute approximate surface area is 172 Å². The van der Waals surface area contributed by atoms with Crippen LogP contribution in [0.4, 0.5) is 0 Å². The molecule has 1 aliphatic rings. The van der Waals surface area contributed by atoms with Crippen LogP contribution >= 0.6 is 0 Å². The highest BCUT2D eigenvalue weighted by atomic mass is 16.2. The summed E-state index contributed by atoms with van der Waals surface area (Å²) in [5.74, 6) is 2.27. The van der Waals surface area contributed by atoms with Gasteiger partial charge >= 0.3 is 0 Å². The molecule has 3 heterocycles. The van der Waals surface area contributed by atoms with Crippen LogP contribution in [0.2, 0.25) is 0 Å². The number of benzene rings is 1. The van der Waals surface area contributed by atoms with Gasteiger partial charge in [-0.25, -0.2) is 9.50 Å². The molecule has 0 saturated carbocycles. The lowest BCUT2D eigenvalue weighted by Crippen LogP contribution is -2.39. The third-order valence-corrected chi connectivity index (χ3v) is 6.08. The molecule has 4 rings (SSSR count). The van der Waals surface area contributed by atoms with Crippen molar-refractivity contribution in [1.29, 1.82) is 0 Å². The number of aromatic nitrogens is 4. The molecule has 0 N–H and O–H groups in total. The number of amides is 1. The smallest absolute Gasteiger partial charge is 0.252 e. The number of likely N-dealkylation sites (tertiary alicyclic amines) is 1. The molecule has 0 atom stereocenters. The summed E-state index contributed by atoms with van der Waals surface area (Å²) in [7, 11) is 0. The average Bonchev–Trinajstić information content (AvgIpc) is 3.09. The highest BCUT2D eigenvalue weighted by Crippen LogP contribution is 2.23. The summed E-state index contributed by atoms with van der Waals surface area (Å²) in [6.45, 7) is 7.63. The van der Waals surface area contributed by atoms with Crippen LogP contribution in [0.5, 0.6) is 0 Å². The number of fused-ring (bicyclic) bond motifs is 1. The zero-order valence-electron chi connectivity index (χ0n) is 17.6.